The molecule has 32 heavy (non-hydrogen) atoms. The Morgan fingerprint density at radius 1 is 1.16 bits per heavy atom. The zero-order valence-corrected chi connectivity index (χ0v) is 20.2. The molecule has 1 aromatic rings. The van der Waals surface area contributed by atoms with Crippen LogP contribution in [0.1, 0.15) is 52.0 Å². The predicted octanol–water partition coefficient (Wildman–Crippen LogP) is 5.06. The Labute approximate surface area is 199 Å². The molecule has 2 N–H and O–H groups in total. The molecule has 3 atom stereocenters. The number of nitrogens with two attached hydrogens (primary N) is 1. The zero-order chi connectivity index (χ0) is 23.2. The first-order valence-corrected chi connectivity index (χ1v) is 11.9. The van der Waals surface area contributed by atoms with Crippen molar-refractivity contribution < 1.29 is 19.1 Å². The number of carbonyl (C=O) groups is 2. The first kappa shape index (κ1) is 23.4. The summed E-state index contributed by atoms with van der Waals surface area (Å²) < 4.78 is 11.8. The average molecular weight is 481 g/mol. The topological polar surface area (TPSA) is 81.9 Å². The molecule has 1 heterocycles. The smallest absolute Gasteiger partial charge is 0.410 e. The lowest BCUT2D eigenvalue weighted by Crippen LogP contribution is -2.44. The van der Waals surface area contributed by atoms with Gasteiger partial charge in [-0.2, -0.15) is 0 Å². The molecule has 2 bridgehead atoms. The molecule has 0 radical (unpaired) electrons. The van der Waals surface area contributed by atoms with Crippen molar-refractivity contribution in [2.75, 3.05) is 13.2 Å². The third kappa shape index (κ3) is 4.92. The van der Waals surface area contributed by atoms with Crippen molar-refractivity contribution in [1.29, 1.82) is 0 Å². The number of benzene rings is 1. The van der Waals surface area contributed by atoms with Crippen LogP contribution in [0.15, 0.2) is 23.8 Å². The van der Waals surface area contributed by atoms with Crippen LogP contribution in [0.25, 0.3) is 5.70 Å². The van der Waals surface area contributed by atoms with E-state index in [1.807, 2.05) is 20.8 Å². The third-order valence-electron chi connectivity index (χ3n) is 6.35. The maximum absolute atomic E-state index is 13.0. The first-order valence-electron chi connectivity index (χ1n) is 11.1. The highest BCUT2D eigenvalue weighted by molar-refractivity contribution is 6.37. The Bertz CT molecular complexity index is 932. The minimum Gasteiger partial charge on any atom is -0.444 e. The van der Waals surface area contributed by atoms with Gasteiger partial charge in [0.25, 0.3) is 0 Å². The van der Waals surface area contributed by atoms with Crippen molar-refractivity contribution in [1.82, 2.24) is 4.90 Å². The predicted molar refractivity (Wildman–Crippen MR) is 124 cm³/mol. The number of carbonyl (C=O) groups excluding carboxylic acids is 2. The van der Waals surface area contributed by atoms with Gasteiger partial charge in [-0.25, -0.2) is 4.79 Å². The Kier molecular flexibility index (Phi) is 6.49. The van der Waals surface area contributed by atoms with Gasteiger partial charge in [-0.05, 0) is 58.6 Å². The van der Waals surface area contributed by atoms with E-state index in [-0.39, 0.29) is 48.2 Å². The van der Waals surface area contributed by atoms with E-state index in [0.29, 0.717) is 27.7 Å². The maximum Gasteiger partial charge on any atom is 0.410 e. The molecule has 6 nitrogen and oxygen atoms in total. The summed E-state index contributed by atoms with van der Waals surface area (Å²) >= 11 is 12.7. The Hall–Kier alpha value is -1.76. The van der Waals surface area contributed by atoms with Crippen molar-refractivity contribution in [2.45, 2.75) is 64.2 Å². The van der Waals surface area contributed by atoms with Gasteiger partial charge in [0.1, 0.15) is 5.60 Å². The van der Waals surface area contributed by atoms with E-state index >= 15 is 0 Å². The molecule has 2 saturated carbocycles. The number of ketones is 1. The fraction of sp³-hybridized carbons (Fsp3) is 0.583. The van der Waals surface area contributed by atoms with E-state index in [0.717, 1.165) is 25.7 Å². The summed E-state index contributed by atoms with van der Waals surface area (Å²) in [5.41, 5.74) is 7.12. The number of hydrogen-bond acceptors (Lipinski definition) is 5. The SMILES string of the molecule is CC(C)(C)OC(=O)N1C[C@@H]2CC1CC2OCC(C(=O)C1CC1)=C(N)c1c(Cl)cccc1Cl. The lowest BCUT2D eigenvalue weighted by molar-refractivity contribution is -0.117. The molecule has 3 aliphatic rings. The molecule has 2 aliphatic carbocycles. The van der Waals surface area contributed by atoms with Gasteiger partial charge in [-0.15, -0.1) is 0 Å². The third-order valence-corrected chi connectivity index (χ3v) is 6.98. The second kappa shape index (κ2) is 8.88. The number of likely N-dealkylation sites (tertiary alicyclic amines) is 1. The van der Waals surface area contributed by atoms with E-state index in [1.165, 1.54) is 0 Å². The molecular formula is C24H30Cl2N2O4. The molecular weight excluding hydrogens is 451 g/mol. The van der Waals surface area contributed by atoms with Crippen molar-refractivity contribution in [3.05, 3.63) is 39.4 Å². The molecule has 1 aromatic carbocycles. The number of rotatable bonds is 6. The molecule has 1 amide bonds. The highest BCUT2D eigenvalue weighted by atomic mass is 35.5. The van der Waals surface area contributed by atoms with Crippen LogP contribution in [0, 0.1) is 11.8 Å². The molecule has 4 rings (SSSR count). The van der Waals surface area contributed by atoms with Gasteiger partial charge in [-0.1, -0.05) is 29.3 Å². The van der Waals surface area contributed by atoms with Crippen molar-refractivity contribution in [3.63, 3.8) is 0 Å². The average Bonchev–Trinajstić information content (AvgIpc) is 3.36. The Morgan fingerprint density at radius 2 is 1.81 bits per heavy atom. The largest absolute Gasteiger partial charge is 0.444 e. The van der Waals surface area contributed by atoms with Gasteiger partial charge in [0.05, 0.1) is 28.5 Å². The molecule has 1 aliphatic heterocycles. The highest BCUT2D eigenvalue weighted by Gasteiger charge is 2.48. The van der Waals surface area contributed by atoms with Crippen LogP contribution in [0.5, 0.6) is 0 Å². The number of nitrogens with zero attached hydrogens (tertiary/aromatic N) is 1. The van der Waals surface area contributed by atoms with Crippen LogP contribution in [-0.2, 0) is 14.3 Å². The summed E-state index contributed by atoms with van der Waals surface area (Å²) in [6.45, 7) is 6.32. The summed E-state index contributed by atoms with van der Waals surface area (Å²) in [6.07, 6.45) is 3.03. The number of halogens is 2. The van der Waals surface area contributed by atoms with Crippen LogP contribution < -0.4 is 5.73 Å². The lowest BCUT2D eigenvalue weighted by atomic mass is 10.0. The molecule has 174 valence electrons. The quantitative estimate of drug-likeness (QED) is 0.575. The molecule has 2 unspecified atom stereocenters. The minimum atomic E-state index is -0.519. The van der Waals surface area contributed by atoms with Gasteiger partial charge in [0, 0.05) is 35.6 Å². The van der Waals surface area contributed by atoms with Gasteiger partial charge in [0.15, 0.2) is 5.78 Å². The summed E-state index contributed by atoms with van der Waals surface area (Å²) in [5.74, 6) is 0.225. The number of ether oxygens (including phenoxy) is 2. The summed E-state index contributed by atoms with van der Waals surface area (Å²) in [5, 5.41) is 0.813. The van der Waals surface area contributed by atoms with Crippen LogP contribution in [-0.4, -0.2) is 47.7 Å². The number of amides is 1. The van der Waals surface area contributed by atoms with Gasteiger partial charge in [-0.3, -0.25) is 4.79 Å². The zero-order valence-electron chi connectivity index (χ0n) is 18.7. The first-order chi connectivity index (χ1) is 15.0. The second-order valence-corrected chi connectivity index (χ2v) is 10.8. The number of hydrogen-bond donors (Lipinski definition) is 1. The monoisotopic (exact) mass is 480 g/mol. The van der Waals surface area contributed by atoms with Crippen molar-refractivity contribution in [2.24, 2.45) is 17.6 Å². The number of fused-ring (bicyclic) bond motifs is 2. The summed E-state index contributed by atoms with van der Waals surface area (Å²) in [6, 6.07) is 5.25. The molecule has 3 fully saturated rings. The van der Waals surface area contributed by atoms with E-state index in [2.05, 4.69) is 0 Å². The summed E-state index contributed by atoms with van der Waals surface area (Å²) in [4.78, 5) is 27.3. The van der Waals surface area contributed by atoms with Gasteiger partial charge in [0.2, 0.25) is 0 Å². The van der Waals surface area contributed by atoms with Crippen molar-refractivity contribution >= 4 is 40.8 Å². The Morgan fingerprint density at radius 3 is 2.34 bits per heavy atom. The maximum atomic E-state index is 13.0. The number of Topliss-reactive ketones (excluding diaryl/α,β-unsaturated/α-hetero) is 1. The van der Waals surface area contributed by atoms with Gasteiger partial charge < -0.3 is 20.1 Å². The van der Waals surface area contributed by atoms with E-state index in [4.69, 9.17) is 38.4 Å². The summed E-state index contributed by atoms with van der Waals surface area (Å²) in [7, 11) is 0. The highest BCUT2D eigenvalue weighted by Crippen LogP contribution is 2.41. The van der Waals surface area contributed by atoms with Crippen LogP contribution in [0.3, 0.4) is 0 Å². The van der Waals surface area contributed by atoms with E-state index in [9.17, 15) is 9.59 Å². The van der Waals surface area contributed by atoms with Crippen LogP contribution in [0.2, 0.25) is 10.0 Å². The Balaban J connectivity index is 1.46. The molecule has 8 heteroatoms. The fourth-order valence-corrected chi connectivity index (χ4v) is 5.23. The van der Waals surface area contributed by atoms with Crippen LogP contribution in [0.4, 0.5) is 4.79 Å². The van der Waals surface area contributed by atoms with E-state index < -0.39 is 5.60 Å². The molecule has 1 saturated heterocycles. The van der Waals surface area contributed by atoms with Crippen molar-refractivity contribution in [3.8, 4) is 0 Å². The van der Waals surface area contributed by atoms with Gasteiger partial charge >= 0.3 is 6.09 Å². The van der Waals surface area contributed by atoms with Crippen LogP contribution >= 0.6 is 23.2 Å². The fourth-order valence-electron chi connectivity index (χ4n) is 4.62. The number of piperidine rings is 1. The lowest BCUT2D eigenvalue weighted by Gasteiger charge is -2.33. The molecule has 0 spiro atoms. The second-order valence-electron chi connectivity index (χ2n) is 9.99. The van der Waals surface area contributed by atoms with E-state index in [1.54, 1.807) is 23.1 Å². The normalized spacial score (nSPS) is 25.7. The molecule has 0 aromatic heterocycles. The standard InChI is InChI=1S/C24H30Cl2N2O4/c1-24(2,3)32-23(30)28-11-14-9-15(28)10-19(14)31-12-16(22(29)13-7-8-13)21(27)20-17(25)5-4-6-18(20)26/h4-6,13-15,19H,7-12,27H2,1-3H3/t14-,15?,19?/m0/s1. The minimum absolute atomic E-state index is 0.00361.